The Bertz CT molecular complexity index is 966. The van der Waals surface area contributed by atoms with E-state index >= 15 is 0 Å². The molecule has 148 valence electrons. The van der Waals surface area contributed by atoms with Gasteiger partial charge in [-0.25, -0.2) is 9.18 Å². The fraction of sp³-hybridized carbons (Fsp3) is 0.250. The smallest absolute Gasteiger partial charge is 0.415 e. The van der Waals surface area contributed by atoms with Gasteiger partial charge in [-0.3, -0.25) is 9.88 Å². The molecule has 8 heteroatoms. The van der Waals surface area contributed by atoms with Gasteiger partial charge in [0.1, 0.15) is 23.6 Å². The van der Waals surface area contributed by atoms with Gasteiger partial charge < -0.3 is 13.9 Å². The highest BCUT2D eigenvalue weighted by molar-refractivity contribution is 5.73. The van der Waals surface area contributed by atoms with E-state index < -0.39 is 11.9 Å². The summed E-state index contributed by atoms with van der Waals surface area (Å²) in [5.41, 5.74) is 1.47. The summed E-state index contributed by atoms with van der Waals surface area (Å²) in [6.07, 6.45) is 3.91. The third kappa shape index (κ3) is 4.11. The molecule has 0 spiro atoms. The molecule has 7 nitrogen and oxygen atoms in total. The number of benzene rings is 1. The van der Waals surface area contributed by atoms with Crippen molar-refractivity contribution < 1.29 is 24.5 Å². The van der Waals surface area contributed by atoms with Crippen molar-refractivity contribution in [3.63, 3.8) is 0 Å². The van der Waals surface area contributed by atoms with Crippen molar-refractivity contribution in [3.05, 3.63) is 65.6 Å². The predicted octanol–water partition coefficient (Wildman–Crippen LogP) is 5.10. The first-order chi connectivity index (χ1) is 13.6. The molecule has 0 saturated carbocycles. The number of pyridine rings is 1. The van der Waals surface area contributed by atoms with Gasteiger partial charge in [0.15, 0.2) is 0 Å². The van der Waals surface area contributed by atoms with Gasteiger partial charge >= 0.3 is 12.2 Å². The number of carbonyl (C=O) groups excluding carboxylic acids is 1. The zero-order valence-electron chi connectivity index (χ0n) is 15.8. The number of aryl methyl sites for hydroxylation is 1. The number of carbonyl (C=O) groups is 1. The topological polar surface area (TPSA) is 77.7 Å². The first kappa shape index (κ1) is 19.3. The van der Waals surface area contributed by atoms with Crippen LogP contribution < -0.4 is 9.47 Å². The van der Waals surface area contributed by atoms with Crippen LogP contribution in [0.1, 0.15) is 32.1 Å². The lowest BCUT2D eigenvalue weighted by Gasteiger charge is -2.28. The molecule has 0 radical (unpaired) electrons. The number of ether oxygens (including phenoxy) is 2. The summed E-state index contributed by atoms with van der Waals surface area (Å²) < 4.78 is 30.0. The molecule has 1 aliphatic heterocycles. The zero-order valence-corrected chi connectivity index (χ0v) is 15.8. The molecule has 3 aromatic rings. The van der Waals surface area contributed by atoms with E-state index in [0.717, 1.165) is 5.56 Å². The normalized spacial score (nSPS) is 12.6. The fourth-order valence-electron chi connectivity index (χ4n) is 2.66. The molecule has 2 aromatic heterocycles. The molecule has 0 atom stereocenters. The second-order valence-electron chi connectivity index (χ2n) is 5.76. The molecule has 1 aliphatic rings. The number of amides is 1. The number of aromatic nitrogens is 2. The molecule has 0 aliphatic carbocycles. The van der Waals surface area contributed by atoms with Crippen molar-refractivity contribution >= 4 is 6.09 Å². The van der Waals surface area contributed by atoms with Crippen LogP contribution in [0.15, 0.2) is 47.3 Å². The van der Waals surface area contributed by atoms with Gasteiger partial charge in [0.05, 0.1) is 25.0 Å². The van der Waals surface area contributed by atoms with Crippen LogP contribution in [-0.4, -0.2) is 21.0 Å². The standard InChI is InChI=1S/C18H14FN3O4.C2H6.H2/c1-11-16(19)13(4-5-20-11)10-22-9-12-2-3-14(8-15(12)26-18(22)23)25-17-21-6-7-24-17;1-2;/h2-8H,9-10H2,1H3;1-2H3;1H. The van der Waals surface area contributed by atoms with Gasteiger partial charge in [-0.2, -0.15) is 4.98 Å². The SMILES string of the molecule is CC.Cc1nccc(CN2Cc3ccc(Oc4ncco4)cc3OC2=O)c1F.[HH]. The first-order valence-corrected chi connectivity index (χ1v) is 8.87. The lowest BCUT2D eigenvalue weighted by atomic mass is 10.1. The van der Waals surface area contributed by atoms with E-state index in [1.807, 2.05) is 13.8 Å². The number of hydrogen-bond donors (Lipinski definition) is 0. The lowest BCUT2D eigenvalue weighted by Crippen LogP contribution is -2.36. The maximum Gasteiger partial charge on any atom is 0.415 e. The van der Waals surface area contributed by atoms with E-state index in [1.165, 1.54) is 23.6 Å². The molecule has 3 heterocycles. The van der Waals surface area contributed by atoms with E-state index in [0.29, 0.717) is 29.3 Å². The second-order valence-corrected chi connectivity index (χ2v) is 5.76. The van der Waals surface area contributed by atoms with Gasteiger partial charge in [0.2, 0.25) is 0 Å². The summed E-state index contributed by atoms with van der Waals surface area (Å²) >= 11 is 0. The molecule has 1 aromatic carbocycles. The predicted molar refractivity (Wildman–Crippen MR) is 101 cm³/mol. The maximum atomic E-state index is 14.1. The summed E-state index contributed by atoms with van der Waals surface area (Å²) in [4.78, 5) is 21.5. The number of halogens is 1. The largest absolute Gasteiger partial charge is 0.417 e. The van der Waals surface area contributed by atoms with Crippen LogP contribution in [-0.2, 0) is 13.1 Å². The number of nitrogens with zero attached hydrogens (tertiary/aromatic N) is 3. The minimum absolute atomic E-state index is 0. The minimum Gasteiger partial charge on any atom is -0.417 e. The third-order valence-electron chi connectivity index (χ3n) is 3.97. The summed E-state index contributed by atoms with van der Waals surface area (Å²) in [6.45, 7) is 5.98. The summed E-state index contributed by atoms with van der Waals surface area (Å²) in [5.74, 6) is 0.408. The minimum atomic E-state index is -0.556. The Morgan fingerprint density at radius 1 is 1.25 bits per heavy atom. The van der Waals surface area contributed by atoms with Crippen molar-refractivity contribution in [1.29, 1.82) is 0 Å². The number of rotatable bonds is 4. The Morgan fingerprint density at radius 3 is 2.82 bits per heavy atom. The van der Waals surface area contributed by atoms with E-state index in [4.69, 9.17) is 13.9 Å². The lowest BCUT2D eigenvalue weighted by molar-refractivity contribution is 0.134. The molecule has 0 fully saturated rings. The van der Waals surface area contributed by atoms with Crippen LogP contribution in [0.25, 0.3) is 0 Å². The van der Waals surface area contributed by atoms with Crippen LogP contribution in [0.3, 0.4) is 0 Å². The molecule has 1 amide bonds. The Kier molecular flexibility index (Phi) is 5.88. The van der Waals surface area contributed by atoms with Crippen molar-refractivity contribution in [2.75, 3.05) is 0 Å². The summed E-state index contributed by atoms with van der Waals surface area (Å²) in [5, 5.41) is 0. The molecule has 0 bridgehead atoms. The van der Waals surface area contributed by atoms with Crippen LogP contribution in [0.5, 0.6) is 17.6 Å². The van der Waals surface area contributed by atoms with Gasteiger partial charge in [-0.1, -0.05) is 13.8 Å². The molecule has 4 rings (SSSR count). The highest BCUT2D eigenvalue weighted by Gasteiger charge is 2.26. The van der Waals surface area contributed by atoms with Gasteiger partial charge in [-0.15, -0.1) is 0 Å². The molecule has 0 saturated heterocycles. The first-order valence-electron chi connectivity index (χ1n) is 8.87. The Balaban J connectivity index is 0.000000970. The highest BCUT2D eigenvalue weighted by Crippen LogP contribution is 2.32. The van der Waals surface area contributed by atoms with Crippen molar-refractivity contribution in [2.24, 2.45) is 0 Å². The van der Waals surface area contributed by atoms with Gasteiger partial charge in [0.25, 0.3) is 0 Å². The summed E-state index contributed by atoms with van der Waals surface area (Å²) in [7, 11) is 0. The van der Waals surface area contributed by atoms with Crippen molar-refractivity contribution in [2.45, 2.75) is 33.9 Å². The summed E-state index contributed by atoms with van der Waals surface area (Å²) in [6, 6.07) is 6.64. The van der Waals surface area contributed by atoms with Gasteiger partial charge in [-0.05, 0) is 25.1 Å². The fourth-order valence-corrected chi connectivity index (χ4v) is 2.66. The van der Waals surface area contributed by atoms with E-state index in [-0.39, 0.29) is 14.0 Å². The van der Waals surface area contributed by atoms with Crippen LogP contribution in [0, 0.1) is 12.7 Å². The Labute approximate surface area is 163 Å². The number of oxazole rings is 1. The van der Waals surface area contributed by atoms with Crippen LogP contribution in [0.4, 0.5) is 9.18 Å². The Morgan fingerprint density at radius 2 is 2.07 bits per heavy atom. The molecule has 0 N–H and O–H groups in total. The van der Waals surface area contributed by atoms with Crippen molar-refractivity contribution in [1.82, 2.24) is 14.9 Å². The van der Waals surface area contributed by atoms with Gasteiger partial charge in [0, 0.05) is 24.8 Å². The highest BCUT2D eigenvalue weighted by atomic mass is 19.1. The van der Waals surface area contributed by atoms with Crippen molar-refractivity contribution in [3.8, 4) is 17.6 Å². The number of fused-ring (bicyclic) bond motifs is 1. The van der Waals surface area contributed by atoms with Crippen LogP contribution in [0.2, 0.25) is 0 Å². The molecule has 28 heavy (non-hydrogen) atoms. The van der Waals surface area contributed by atoms with Crippen LogP contribution >= 0.6 is 0 Å². The zero-order chi connectivity index (χ0) is 20.1. The quantitative estimate of drug-likeness (QED) is 0.620. The molecular weight excluding hydrogens is 365 g/mol. The monoisotopic (exact) mass is 387 g/mol. The van der Waals surface area contributed by atoms with E-state index in [9.17, 15) is 9.18 Å². The molecular formula is C20H22FN3O4. The second kappa shape index (κ2) is 8.51. The number of hydrogen-bond acceptors (Lipinski definition) is 6. The Hall–Kier alpha value is -3.42. The van der Waals surface area contributed by atoms with E-state index in [2.05, 4.69) is 9.97 Å². The average Bonchev–Trinajstić information content (AvgIpc) is 3.21. The van der Waals surface area contributed by atoms with E-state index in [1.54, 1.807) is 31.2 Å². The maximum absolute atomic E-state index is 14.1. The average molecular weight is 387 g/mol. The molecule has 0 unspecified atom stereocenters. The third-order valence-corrected chi connectivity index (χ3v) is 3.97.